The summed E-state index contributed by atoms with van der Waals surface area (Å²) in [4.78, 5) is 22.0. The SMILES string of the molecule is COc1ncccc1CN1CCC2(CC1)OC(=O)N(Cc1ccccc1C#N)C2(C)c1ccccc1. The molecule has 1 unspecified atom stereocenters. The number of ether oxygens (including phenoxy) is 2. The van der Waals surface area contributed by atoms with Crippen LogP contribution in [0.3, 0.4) is 0 Å². The predicted molar refractivity (Wildman–Crippen MR) is 135 cm³/mol. The number of aromatic nitrogens is 1. The lowest BCUT2D eigenvalue weighted by atomic mass is 9.70. The molecular formula is C29H30N4O3. The molecule has 0 saturated carbocycles. The molecule has 36 heavy (non-hydrogen) atoms. The number of nitriles is 1. The molecule has 2 aliphatic heterocycles. The largest absolute Gasteiger partial charge is 0.481 e. The number of methoxy groups -OCH3 is 1. The van der Waals surface area contributed by atoms with Crippen LogP contribution in [0.25, 0.3) is 0 Å². The number of rotatable bonds is 6. The van der Waals surface area contributed by atoms with Gasteiger partial charge in [0.05, 0.1) is 25.3 Å². The smallest absolute Gasteiger partial charge is 0.411 e. The molecule has 0 N–H and O–H groups in total. The van der Waals surface area contributed by atoms with Crippen LogP contribution in [0.2, 0.25) is 0 Å². The highest BCUT2D eigenvalue weighted by molar-refractivity contribution is 5.74. The number of likely N-dealkylation sites (tertiary alicyclic amines) is 1. The van der Waals surface area contributed by atoms with Crippen molar-refractivity contribution in [3.05, 3.63) is 95.2 Å². The minimum Gasteiger partial charge on any atom is -0.481 e. The molecule has 2 aliphatic rings. The standard InChI is InChI=1S/C29H30N4O3/c1-28(25-12-4-3-5-13-25)29(36-27(34)33(28)21-23-10-7-6-9-22(23)19-30)14-17-32(18-15-29)20-24-11-8-16-31-26(24)35-2/h3-13,16H,14-15,17-18,20-21H2,1-2H3. The highest BCUT2D eigenvalue weighted by Gasteiger charge is 2.63. The Morgan fingerprint density at radius 3 is 2.42 bits per heavy atom. The first-order chi connectivity index (χ1) is 17.5. The minimum absolute atomic E-state index is 0.312. The maximum atomic E-state index is 13.5. The first-order valence-corrected chi connectivity index (χ1v) is 12.2. The topological polar surface area (TPSA) is 78.7 Å². The van der Waals surface area contributed by atoms with E-state index >= 15 is 0 Å². The summed E-state index contributed by atoms with van der Waals surface area (Å²) in [5, 5.41) is 9.63. The number of carbonyl (C=O) groups excluding carboxylic acids is 1. The van der Waals surface area contributed by atoms with E-state index in [2.05, 4.69) is 35.0 Å². The van der Waals surface area contributed by atoms with E-state index in [0.29, 0.717) is 30.8 Å². The number of hydrogen-bond donors (Lipinski definition) is 0. The molecule has 7 nitrogen and oxygen atoms in total. The third kappa shape index (κ3) is 3.98. The maximum Gasteiger partial charge on any atom is 0.411 e. The second-order valence-corrected chi connectivity index (χ2v) is 9.60. The van der Waals surface area contributed by atoms with Gasteiger partial charge in [-0.05, 0) is 30.2 Å². The van der Waals surface area contributed by atoms with Crippen molar-refractivity contribution in [2.45, 2.75) is 44.0 Å². The lowest BCUT2D eigenvalue weighted by molar-refractivity contribution is -0.0615. The molecule has 7 heteroatoms. The summed E-state index contributed by atoms with van der Waals surface area (Å²) < 4.78 is 11.7. The summed E-state index contributed by atoms with van der Waals surface area (Å²) in [5.74, 6) is 0.640. The Morgan fingerprint density at radius 2 is 1.69 bits per heavy atom. The van der Waals surface area contributed by atoms with Gasteiger partial charge in [-0.1, -0.05) is 54.6 Å². The Bertz CT molecular complexity index is 1280. The van der Waals surface area contributed by atoms with E-state index < -0.39 is 11.1 Å². The Labute approximate surface area is 211 Å². The van der Waals surface area contributed by atoms with Gasteiger partial charge in [0.2, 0.25) is 5.88 Å². The first kappa shape index (κ1) is 23.8. The average molecular weight is 483 g/mol. The van der Waals surface area contributed by atoms with Gasteiger partial charge < -0.3 is 9.47 Å². The fourth-order valence-electron chi connectivity index (χ4n) is 5.72. The van der Waals surface area contributed by atoms with Crippen LogP contribution in [0, 0.1) is 11.3 Å². The van der Waals surface area contributed by atoms with Crippen molar-refractivity contribution >= 4 is 6.09 Å². The second-order valence-electron chi connectivity index (χ2n) is 9.60. The van der Waals surface area contributed by atoms with Crippen LogP contribution < -0.4 is 4.74 Å². The highest BCUT2D eigenvalue weighted by atomic mass is 16.6. The molecule has 2 aromatic carbocycles. The molecule has 5 rings (SSSR count). The number of piperidine rings is 1. The number of carbonyl (C=O) groups is 1. The fraction of sp³-hybridized carbons (Fsp3) is 0.345. The molecule has 0 bridgehead atoms. The lowest BCUT2D eigenvalue weighted by Crippen LogP contribution is -2.58. The Hall–Kier alpha value is -3.89. The van der Waals surface area contributed by atoms with Gasteiger partial charge in [0.1, 0.15) is 11.1 Å². The first-order valence-electron chi connectivity index (χ1n) is 12.2. The van der Waals surface area contributed by atoms with Crippen molar-refractivity contribution in [1.82, 2.24) is 14.8 Å². The fourth-order valence-corrected chi connectivity index (χ4v) is 5.72. The quantitative estimate of drug-likeness (QED) is 0.499. The molecule has 1 spiro atoms. The van der Waals surface area contributed by atoms with E-state index in [1.807, 2.05) is 53.4 Å². The highest BCUT2D eigenvalue weighted by Crippen LogP contribution is 2.52. The van der Waals surface area contributed by atoms with E-state index in [1.54, 1.807) is 19.4 Å². The predicted octanol–water partition coefficient (Wildman–Crippen LogP) is 4.86. The normalized spacial score (nSPS) is 21.2. The third-order valence-corrected chi connectivity index (χ3v) is 7.83. The van der Waals surface area contributed by atoms with Crippen molar-refractivity contribution in [3.8, 4) is 11.9 Å². The molecule has 2 saturated heterocycles. The van der Waals surface area contributed by atoms with E-state index in [-0.39, 0.29) is 6.09 Å². The van der Waals surface area contributed by atoms with Crippen LogP contribution in [-0.4, -0.2) is 46.7 Å². The summed E-state index contributed by atoms with van der Waals surface area (Å²) in [6.45, 7) is 4.70. The Kier molecular flexibility index (Phi) is 6.38. The van der Waals surface area contributed by atoms with Gasteiger partial charge in [-0.3, -0.25) is 9.80 Å². The van der Waals surface area contributed by atoms with Gasteiger partial charge in [-0.15, -0.1) is 0 Å². The van der Waals surface area contributed by atoms with E-state index in [9.17, 15) is 10.1 Å². The van der Waals surface area contributed by atoms with Crippen molar-refractivity contribution in [3.63, 3.8) is 0 Å². The van der Waals surface area contributed by atoms with Gasteiger partial charge in [0.25, 0.3) is 0 Å². The second kappa shape index (κ2) is 9.63. The Balaban J connectivity index is 1.45. The zero-order valence-corrected chi connectivity index (χ0v) is 20.7. The van der Waals surface area contributed by atoms with Gasteiger partial charge in [0, 0.05) is 44.2 Å². The molecule has 1 atom stereocenters. The van der Waals surface area contributed by atoms with E-state index in [4.69, 9.17) is 9.47 Å². The van der Waals surface area contributed by atoms with E-state index in [1.165, 1.54) is 0 Å². The summed E-state index contributed by atoms with van der Waals surface area (Å²) in [6.07, 6.45) is 2.79. The molecule has 1 aromatic heterocycles. The van der Waals surface area contributed by atoms with Crippen LogP contribution in [0.1, 0.15) is 42.0 Å². The summed E-state index contributed by atoms with van der Waals surface area (Å²) in [5.41, 5.74) is 2.10. The Morgan fingerprint density at radius 1 is 1.00 bits per heavy atom. The number of amides is 1. The number of nitrogens with zero attached hydrogens (tertiary/aromatic N) is 4. The summed E-state index contributed by atoms with van der Waals surface area (Å²) in [6, 6.07) is 23.8. The molecule has 0 aliphatic carbocycles. The molecule has 1 amide bonds. The molecule has 2 fully saturated rings. The van der Waals surface area contributed by atoms with Crippen molar-refractivity contribution in [2.24, 2.45) is 0 Å². The van der Waals surface area contributed by atoms with Crippen molar-refractivity contribution < 1.29 is 14.3 Å². The average Bonchev–Trinajstić information content (AvgIpc) is 3.13. The van der Waals surface area contributed by atoms with Crippen molar-refractivity contribution in [2.75, 3.05) is 20.2 Å². The number of hydrogen-bond acceptors (Lipinski definition) is 6. The van der Waals surface area contributed by atoms with Gasteiger partial charge in [-0.2, -0.15) is 5.26 Å². The zero-order valence-electron chi connectivity index (χ0n) is 20.7. The van der Waals surface area contributed by atoms with Crippen LogP contribution in [0.4, 0.5) is 4.79 Å². The van der Waals surface area contributed by atoms with Gasteiger partial charge in [-0.25, -0.2) is 9.78 Å². The minimum atomic E-state index is -0.688. The monoisotopic (exact) mass is 482 g/mol. The number of pyridine rings is 1. The summed E-state index contributed by atoms with van der Waals surface area (Å²) in [7, 11) is 1.64. The van der Waals surface area contributed by atoms with Crippen LogP contribution >= 0.6 is 0 Å². The van der Waals surface area contributed by atoms with E-state index in [0.717, 1.165) is 36.3 Å². The van der Waals surface area contributed by atoms with Gasteiger partial charge >= 0.3 is 6.09 Å². The van der Waals surface area contributed by atoms with Crippen molar-refractivity contribution in [1.29, 1.82) is 5.26 Å². The lowest BCUT2D eigenvalue weighted by Gasteiger charge is -2.48. The molecule has 3 aromatic rings. The number of benzene rings is 2. The molecule has 0 radical (unpaired) electrons. The van der Waals surface area contributed by atoms with Gasteiger partial charge in [0.15, 0.2) is 0 Å². The molecule has 184 valence electrons. The van der Waals surface area contributed by atoms with Crippen LogP contribution in [-0.2, 0) is 23.4 Å². The third-order valence-electron chi connectivity index (χ3n) is 7.83. The van der Waals surface area contributed by atoms with Crippen LogP contribution in [0.5, 0.6) is 5.88 Å². The molecule has 3 heterocycles. The zero-order chi connectivity index (χ0) is 25.2. The van der Waals surface area contributed by atoms with Crippen LogP contribution in [0.15, 0.2) is 72.9 Å². The molecular weight excluding hydrogens is 452 g/mol. The summed E-state index contributed by atoms with van der Waals surface area (Å²) >= 11 is 0. The maximum absolute atomic E-state index is 13.5.